The molecule has 3 atom stereocenters. The monoisotopic (exact) mass is 440 g/mol. The molecule has 0 amide bonds. The minimum Gasteiger partial charge on any atom is -0.461 e. The molecule has 0 radical (unpaired) electrons. The first kappa shape index (κ1) is 26.4. The summed E-state index contributed by atoms with van der Waals surface area (Å²) >= 11 is 0. The lowest BCUT2D eigenvalue weighted by molar-refractivity contribution is -0.187. The fourth-order valence-electron chi connectivity index (χ4n) is 4.27. The van der Waals surface area contributed by atoms with Gasteiger partial charge in [0.25, 0.3) is 0 Å². The maximum Gasteiger partial charge on any atom is 0.313 e. The first-order valence-electron chi connectivity index (χ1n) is 12.9. The Hall–Kier alpha value is -1.87. The van der Waals surface area contributed by atoms with E-state index in [9.17, 15) is 9.90 Å². The summed E-state index contributed by atoms with van der Waals surface area (Å²) in [5.74, 6) is -0.222. The van der Waals surface area contributed by atoms with Crippen LogP contribution in [0.2, 0.25) is 0 Å². The van der Waals surface area contributed by atoms with Crippen molar-refractivity contribution in [3.63, 3.8) is 0 Å². The van der Waals surface area contributed by atoms with Crippen molar-refractivity contribution in [3.8, 4) is 0 Å². The van der Waals surface area contributed by atoms with Gasteiger partial charge in [0.15, 0.2) is 0 Å². The zero-order valence-electron chi connectivity index (χ0n) is 20.1. The molecule has 1 aliphatic rings. The highest BCUT2D eigenvalue weighted by atomic mass is 16.6. The normalized spacial score (nSPS) is 19.4. The summed E-state index contributed by atoms with van der Waals surface area (Å²) in [6.07, 6.45) is 24.1. The van der Waals surface area contributed by atoms with Crippen LogP contribution in [0.3, 0.4) is 0 Å². The van der Waals surface area contributed by atoms with E-state index in [0.717, 1.165) is 24.8 Å². The van der Waals surface area contributed by atoms with Gasteiger partial charge in [-0.25, -0.2) is 0 Å². The van der Waals surface area contributed by atoms with Gasteiger partial charge in [0.05, 0.1) is 12.0 Å². The van der Waals surface area contributed by atoms with Crippen LogP contribution in [0.1, 0.15) is 96.0 Å². The van der Waals surface area contributed by atoms with Gasteiger partial charge < -0.3 is 9.84 Å². The standard InChI is InChI=1S/C29H44O3/c1-2-3-4-5-6-7-8-9-10-11-12-13-14-15-19-22-26(30)24-28-27(29(31)32-28)23-25-20-17-16-18-21-25/h6-7,9-10,16-18,20-21,26-28,30H,2-5,8,11-15,19,22-24H2,1H3/t26?,27-,28+/m0/s1. The van der Waals surface area contributed by atoms with E-state index in [2.05, 4.69) is 31.2 Å². The minimum atomic E-state index is -0.371. The summed E-state index contributed by atoms with van der Waals surface area (Å²) in [6.45, 7) is 2.24. The Morgan fingerprint density at radius 2 is 1.56 bits per heavy atom. The smallest absolute Gasteiger partial charge is 0.313 e. The first-order chi connectivity index (χ1) is 15.7. The van der Waals surface area contributed by atoms with Crippen LogP contribution in [-0.2, 0) is 16.0 Å². The van der Waals surface area contributed by atoms with E-state index in [0.29, 0.717) is 12.8 Å². The molecule has 0 spiro atoms. The predicted octanol–water partition coefficient (Wildman–Crippen LogP) is 7.34. The summed E-state index contributed by atoms with van der Waals surface area (Å²) < 4.78 is 5.31. The molecule has 1 heterocycles. The first-order valence-corrected chi connectivity index (χ1v) is 12.9. The van der Waals surface area contributed by atoms with E-state index >= 15 is 0 Å². The minimum absolute atomic E-state index is 0.100. The van der Waals surface area contributed by atoms with Gasteiger partial charge in [-0.3, -0.25) is 4.79 Å². The van der Waals surface area contributed by atoms with Crippen molar-refractivity contribution in [2.45, 2.75) is 109 Å². The van der Waals surface area contributed by atoms with Gasteiger partial charge in [-0.15, -0.1) is 0 Å². The van der Waals surface area contributed by atoms with Crippen molar-refractivity contribution in [2.75, 3.05) is 0 Å². The lowest BCUT2D eigenvalue weighted by Gasteiger charge is -2.36. The summed E-state index contributed by atoms with van der Waals surface area (Å²) in [6, 6.07) is 10.1. The van der Waals surface area contributed by atoms with Crippen LogP contribution in [0.15, 0.2) is 54.6 Å². The molecule has 2 rings (SSSR count). The zero-order valence-corrected chi connectivity index (χ0v) is 20.1. The van der Waals surface area contributed by atoms with Crippen LogP contribution < -0.4 is 0 Å². The Morgan fingerprint density at radius 3 is 2.25 bits per heavy atom. The van der Waals surface area contributed by atoms with Crippen LogP contribution in [0, 0.1) is 5.92 Å². The predicted molar refractivity (Wildman–Crippen MR) is 133 cm³/mol. The molecule has 3 nitrogen and oxygen atoms in total. The molecule has 0 aliphatic carbocycles. The molecular formula is C29H44O3. The Kier molecular flexibility index (Phi) is 13.8. The third kappa shape index (κ3) is 11.1. The number of hydrogen-bond acceptors (Lipinski definition) is 3. The second-order valence-electron chi connectivity index (χ2n) is 9.18. The number of unbranched alkanes of at least 4 members (excludes halogenated alkanes) is 8. The third-order valence-electron chi connectivity index (χ3n) is 6.31. The number of aliphatic hydroxyl groups is 1. The molecule has 1 aromatic rings. The van der Waals surface area contributed by atoms with Gasteiger partial charge in [-0.05, 0) is 50.5 Å². The molecule has 32 heavy (non-hydrogen) atoms. The average Bonchev–Trinajstić information content (AvgIpc) is 2.80. The Morgan fingerprint density at radius 1 is 0.906 bits per heavy atom. The van der Waals surface area contributed by atoms with Gasteiger partial charge in [0.2, 0.25) is 0 Å². The maximum absolute atomic E-state index is 11.8. The van der Waals surface area contributed by atoms with Crippen LogP contribution >= 0.6 is 0 Å². The highest BCUT2D eigenvalue weighted by molar-refractivity contribution is 5.78. The van der Waals surface area contributed by atoms with Crippen LogP contribution in [0.4, 0.5) is 0 Å². The average molecular weight is 441 g/mol. The number of ether oxygens (including phenoxy) is 1. The molecule has 0 saturated carbocycles. The zero-order chi connectivity index (χ0) is 22.9. The van der Waals surface area contributed by atoms with Crippen LogP contribution in [0.25, 0.3) is 0 Å². The van der Waals surface area contributed by atoms with E-state index in [1.54, 1.807) is 0 Å². The molecule has 1 fully saturated rings. The summed E-state index contributed by atoms with van der Waals surface area (Å²) in [7, 11) is 0. The Labute approximate surface area is 196 Å². The summed E-state index contributed by atoms with van der Waals surface area (Å²) in [4.78, 5) is 11.8. The molecule has 0 bridgehead atoms. The number of esters is 1. The van der Waals surface area contributed by atoms with Crippen molar-refractivity contribution in [1.29, 1.82) is 0 Å². The van der Waals surface area contributed by atoms with Crippen molar-refractivity contribution in [2.24, 2.45) is 5.92 Å². The summed E-state index contributed by atoms with van der Waals surface area (Å²) in [5, 5.41) is 10.4. The van der Waals surface area contributed by atoms with Gasteiger partial charge in [0, 0.05) is 6.42 Å². The summed E-state index contributed by atoms with van der Waals surface area (Å²) in [5.41, 5.74) is 1.15. The number of hydrogen-bond donors (Lipinski definition) is 1. The number of benzene rings is 1. The topological polar surface area (TPSA) is 46.5 Å². The Balaban J connectivity index is 1.43. The molecule has 0 aromatic heterocycles. The van der Waals surface area contributed by atoms with Crippen LogP contribution in [0.5, 0.6) is 0 Å². The highest BCUT2D eigenvalue weighted by Gasteiger charge is 2.42. The lowest BCUT2D eigenvalue weighted by atomic mass is 9.86. The lowest BCUT2D eigenvalue weighted by Crippen LogP contribution is -2.47. The quantitative estimate of drug-likeness (QED) is 0.148. The highest BCUT2D eigenvalue weighted by Crippen LogP contribution is 2.30. The van der Waals surface area contributed by atoms with Gasteiger partial charge in [-0.2, -0.15) is 0 Å². The van der Waals surface area contributed by atoms with Crippen molar-refractivity contribution >= 4 is 5.97 Å². The second-order valence-corrected chi connectivity index (χ2v) is 9.18. The molecule has 3 heteroatoms. The number of carbonyl (C=O) groups excluding carboxylic acids is 1. The third-order valence-corrected chi connectivity index (χ3v) is 6.31. The maximum atomic E-state index is 11.8. The van der Waals surface area contributed by atoms with E-state index < -0.39 is 0 Å². The van der Waals surface area contributed by atoms with E-state index in [1.165, 1.54) is 57.8 Å². The van der Waals surface area contributed by atoms with Gasteiger partial charge in [0.1, 0.15) is 6.10 Å². The number of cyclic esters (lactones) is 1. The van der Waals surface area contributed by atoms with E-state index in [-0.39, 0.29) is 24.1 Å². The molecular weight excluding hydrogens is 396 g/mol. The van der Waals surface area contributed by atoms with E-state index in [1.807, 2.05) is 30.3 Å². The molecule has 178 valence electrons. The molecule has 1 N–H and O–H groups in total. The SMILES string of the molecule is CCCCCC=CCC=CCCCCCCCC(O)C[C@H]1OC(=O)[C@H]1Cc1ccccc1. The van der Waals surface area contributed by atoms with Gasteiger partial charge in [-0.1, -0.05) is 100 Å². The van der Waals surface area contributed by atoms with E-state index in [4.69, 9.17) is 4.74 Å². The fraction of sp³-hybridized carbons (Fsp3) is 0.621. The van der Waals surface area contributed by atoms with Crippen molar-refractivity contribution < 1.29 is 14.6 Å². The molecule has 1 aromatic carbocycles. The van der Waals surface area contributed by atoms with Crippen LogP contribution in [-0.4, -0.2) is 23.3 Å². The Bertz CT molecular complexity index is 664. The number of allylic oxidation sites excluding steroid dienone is 4. The van der Waals surface area contributed by atoms with Crippen molar-refractivity contribution in [1.82, 2.24) is 0 Å². The largest absolute Gasteiger partial charge is 0.461 e. The number of rotatable bonds is 18. The van der Waals surface area contributed by atoms with Crippen molar-refractivity contribution in [3.05, 3.63) is 60.2 Å². The molecule has 1 aliphatic heterocycles. The fourth-order valence-corrected chi connectivity index (χ4v) is 4.27. The molecule has 1 unspecified atom stereocenters. The number of carbonyl (C=O) groups is 1. The second kappa shape index (κ2) is 16.7. The number of aliphatic hydroxyl groups excluding tert-OH is 1. The molecule has 1 saturated heterocycles. The van der Waals surface area contributed by atoms with Gasteiger partial charge >= 0.3 is 5.97 Å².